The van der Waals surface area contributed by atoms with E-state index in [9.17, 15) is 0 Å². The van der Waals surface area contributed by atoms with Gasteiger partial charge in [-0.15, -0.1) is 11.6 Å². The minimum atomic E-state index is 0.223. The van der Waals surface area contributed by atoms with Crippen LogP contribution >= 0.6 is 11.6 Å². The molecule has 1 rings (SSSR count). The summed E-state index contributed by atoms with van der Waals surface area (Å²) < 4.78 is 0. The Kier molecular flexibility index (Phi) is 2.93. The Morgan fingerprint density at radius 3 is 2.45 bits per heavy atom. The van der Waals surface area contributed by atoms with E-state index in [0.717, 1.165) is 5.56 Å². The molecular weight excluding hydrogens is 162 g/mol. The summed E-state index contributed by atoms with van der Waals surface area (Å²) in [5.41, 5.74) is 1.34. The van der Waals surface area contributed by atoms with E-state index in [0.29, 0.717) is 5.71 Å². The van der Waals surface area contributed by atoms with Crippen molar-refractivity contribution in [2.24, 2.45) is 5.16 Å². The molecule has 0 aliphatic heterocycles. The molecule has 0 aliphatic carbocycles. The summed E-state index contributed by atoms with van der Waals surface area (Å²) in [6.07, 6.45) is 0. The first-order chi connectivity index (χ1) is 5.38. The second kappa shape index (κ2) is 3.98. The Morgan fingerprint density at radius 2 is 2.00 bits per heavy atom. The Labute approximate surface area is 70.1 Å². The molecule has 0 aromatic heterocycles. The molecule has 1 N–H and O–H groups in total. The lowest BCUT2D eigenvalue weighted by molar-refractivity contribution is 0.319. The SMILES string of the molecule is ON=C(CCl)c1ccccc1. The molecule has 0 unspecified atom stereocenters. The van der Waals surface area contributed by atoms with Gasteiger partial charge in [0.1, 0.15) is 5.71 Å². The Bertz CT molecular complexity index is 246. The van der Waals surface area contributed by atoms with Gasteiger partial charge in [0.2, 0.25) is 0 Å². The first-order valence-electron chi connectivity index (χ1n) is 3.21. The Hall–Kier alpha value is -1.02. The zero-order valence-corrected chi connectivity index (χ0v) is 6.62. The van der Waals surface area contributed by atoms with Gasteiger partial charge in [0.05, 0.1) is 5.88 Å². The van der Waals surface area contributed by atoms with Crippen molar-refractivity contribution in [3.63, 3.8) is 0 Å². The highest BCUT2D eigenvalue weighted by atomic mass is 35.5. The van der Waals surface area contributed by atoms with E-state index in [2.05, 4.69) is 5.16 Å². The first-order valence-corrected chi connectivity index (χ1v) is 3.74. The fourth-order valence-corrected chi connectivity index (χ4v) is 1.000. The van der Waals surface area contributed by atoms with E-state index in [1.54, 1.807) is 0 Å². The molecule has 11 heavy (non-hydrogen) atoms. The van der Waals surface area contributed by atoms with Crippen LogP contribution in [0.3, 0.4) is 0 Å². The summed E-state index contributed by atoms with van der Waals surface area (Å²) in [4.78, 5) is 0. The monoisotopic (exact) mass is 169 g/mol. The largest absolute Gasteiger partial charge is 0.411 e. The fraction of sp³-hybridized carbons (Fsp3) is 0.125. The highest BCUT2D eigenvalue weighted by Gasteiger charge is 1.99. The van der Waals surface area contributed by atoms with E-state index < -0.39 is 0 Å². The van der Waals surface area contributed by atoms with Crippen LogP contribution in [0.5, 0.6) is 0 Å². The summed E-state index contributed by atoms with van der Waals surface area (Å²) in [5.74, 6) is 0.223. The van der Waals surface area contributed by atoms with Gasteiger partial charge in [-0.25, -0.2) is 0 Å². The van der Waals surface area contributed by atoms with Gasteiger partial charge in [0, 0.05) is 5.56 Å². The average molecular weight is 170 g/mol. The van der Waals surface area contributed by atoms with Crippen LogP contribution in [0.15, 0.2) is 35.5 Å². The van der Waals surface area contributed by atoms with Gasteiger partial charge in [-0.2, -0.15) is 0 Å². The molecule has 0 fully saturated rings. The molecule has 1 aromatic rings. The molecule has 0 spiro atoms. The number of oxime groups is 1. The van der Waals surface area contributed by atoms with Crippen LogP contribution in [0.2, 0.25) is 0 Å². The van der Waals surface area contributed by atoms with E-state index >= 15 is 0 Å². The maximum Gasteiger partial charge on any atom is 0.101 e. The van der Waals surface area contributed by atoms with Crippen LogP contribution in [0.4, 0.5) is 0 Å². The predicted molar refractivity (Wildman–Crippen MR) is 45.5 cm³/mol. The topological polar surface area (TPSA) is 32.6 Å². The van der Waals surface area contributed by atoms with Crippen molar-refractivity contribution in [3.8, 4) is 0 Å². The number of nitrogens with zero attached hydrogens (tertiary/aromatic N) is 1. The second-order valence-electron chi connectivity index (χ2n) is 2.05. The lowest BCUT2D eigenvalue weighted by Crippen LogP contribution is -2.01. The summed E-state index contributed by atoms with van der Waals surface area (Å²) in [5, 5.41) is 11.5. The quantitative estimate of drug-likeness (QED) is 0.313. The molecule has 1 aromatic carbocycles. The third kappa shape index (κ3) is 1.95. The van der Waals surface area contributed by atoms with E-state index in [1.165, 1.54) is 0 Å². The number of benzene rings is 1. The number of hydrogen-bond donors (Lipinski definition) is 1. The van der Waals surface area contributed by atoms with E-state index in [1.807, 2.05) is 30.3 Å². The average Bonchev–Trinajstić information content (AvgIpc) is 2.09. The lowest BCUT2D eigenvalue weighted by atomic mass is 10.1. The summed E-state index contributed by atoms with van der Waals surface area (Å²) in [6, 6.07) is 9.32. The van der Waals surface area contributed by atoms with Crippen molar-refractivity contribution in [2.75, 3.05) is 5.88 Å². The van der Waals surface area contributed by atoms with Crippen LogP contribution in [-0.4, -0.2) is 16.8 Å². The smallest absolute Gasteiger partial charge is 0.101 e. The Morgan fingerprint density at radius 1 is 1.36 bits per heavy atom. The minimum absolute atomic E-state index is 0.223. The van der Waals surface area contributed by atoms with Crippen LogP contribution in [-0.2, 0) is 0 Å². The Balaban J connectivity index is 2.92. The molecule has 0 radical (unpaired) electrons. The fourth-order valence-electron chi connectivity index (χ4n) is 0.792. The normalized spacial score (nSPS) is 11.5. The minimum Gasteiger partial charge on any atom is -0.411 e. The molecule has 0 heterocycles. The highest BCUT2D eigenvalue weighted by molar-refractivity contribution is 6.31. The van der Waals surface area contributed by atoms with Gasteiger partial charge in [-0.05, 0) is 0 Å². The zero-order valence-electron chi connectivity index (χ0n) is 5.87. The summed E-state index contributed by atoms with van der Waals surface area (Å²) >= 11 is 5.51. The molecule has 58 valence electrons. The van der Waals surface area contributed by atoms with Crippen molar-refractivity contribution >= 4 is 17.3 Å². The molecule has 0 amide bonds. The van der Waals surface area contributed by atoms with Gasteiger partial charge in [0.15, 0.2) is 0 Å². The van der Waals surface area contributed by atoms with Crippen molar-refractivity contribution in [1.29, 1.82) is 0 Å². The van der Waals surface area contributed by atoms with Crippen molar-refractivity contribution < 1.29 is 5.21 Å². The number of alkyl halides is 1. The van der Waals surface area contributed by atoms with Gasteiger partial charge >= 0.3 is 0 Å². The molecule has 0 aliphatic rings. The molecule has 2 nitrogen and oxygen atoms in total. The van der Waals surface area contributed by atoms with Crippen LogP contribution in [0, 0.1) is 0 Å². The van der Waals surface area contributed by atoms with E-state index in [4.69, 9.17) is 16.8 Å². The molecule has 3 heteroatoms. The van der Waals surface area contributed by atoms with Crippen LogP contribution in [0.25, 0.3) is 0 Å². The number of halogens is 1. The standard InChI is InChI=1S/C8H8ClNO/c9-6-8(10-11)7-4-2-1-3-5-7/h1-5,11H,6H2. The molecule has 0 atom stereocenters. The summed E-state index contributed by atoms with van der Waals surface area (Å²) in [7, 11) is 0. The molecule has 0 bridgehead atoms. The van der Waals surface area contributed by atoms with Crippen molar-refractivity contribution in [2.45, 2.75) is 0 Å². The van der Waals surface area contributed by atoms with Crippen LogP contribution in [0.1, 0.15) is 5.56 Å². The van der Waals surface area contributed by atoms with Gasteiger partial charge < -0.3 is 5.21 Å². The van der Waals surface area contributed by atoms with Crippen molar-refractivity contribution in [3.05, 3.63) is 35.9 Å². The van der Waals surface area contributed by atoms with Crippen LogP contribution < -0.4 is 0 Å². The van der Waals surface area contributed by atoms with Gasteiger partial charge in [0.25, 0.3) is 0 Å². The lowest BCUT2D eigenvalue weighted by Gasteiger charge is -1.97. The zero-order chi connectivity index (χ0) is 8.10. The van der Waals surface area contributed by atoms with Gasteiger partial charge in [-0.3, -0.25) is 0 Å². The first kappa shape index (κ1) is 8.08. The molecule has 0 saturated carbocycles. The molecule has 0 saturated heterocycles. The third-order valence-corrected chi connectivity index (χ3v) is 1.61. The maximum atomic E-state index is 8.48. The maximum absolute atomic E-state index is 8.48. The second-order valence-corrected chi connectivity index (χ2v) is 2.31. The van der Waals surface area contributed by atoms with Gasteiger partial charge in [-0.1, -0.05) is 35.5 Å². The number of hydrogen-bond acceptors (Lipinski definition) is 2. The highest BCUT2D eigenvalue weighted by Crippen LogP contribution is 2.01. The summed E-state index contributed by atoms with van der Waals surface area (Å²) in [6.45, 7) is 0. The molecular formula is C8H8ClNO. The van der Waals surface area contributed by atoms with Crippen molar-refractivity contribution in [1.82, 2.24) is 0 Å². The van der Waals surface area contributed by atoms with E-state index in [-0.39, 0.29) is 5.88 Å². The number of rotatable bonds is 2. The third-order valence-electron chi connectivity index (χ3n) is 1.35. The predicted octanol–water partition coefficient (Wildman–Crippen LogP) is 2.10.